The van der Waals surface area contributed by atoms with Crippen LogP contribution in [-0.2, 0) is 0 Å². The third-order valence-corrected chi connectivity index (χ3v) is 3.21. The molecule has 88 valence electrons. The largest absolute Gasteiger partial charge is 0.508 e. The maximum absolute atomic E-state index is 9.43. The Morgan fingerprint density at radius 1 is 1.31 bits per heavy atom. The third-order valence-electron chi connectivity index (χ3n) is 3.21. The summed E-state index contributed by atoms with van der Waals surface area (Å²) in [6.45, 7) is 3.91. The normalized spacial score (nSPS) is 23.5. The van der Waals surface area contributed by atoms with Crippen molar-refractivity contribution in [1.82, 2.24) is 4.90 Å². The van der Waals surface area contributed by atoms with Crippen LogP contribution in [0.4, 0.5) is 0 Å². The van der Waals surface area contributed by atoms with Crippen molar-refractivity contribution in [3.63, 3.8) is 0 Å². The van der Waals surface area contributed by atoms with Crippen molar-refractivity contribution < 1.29 is 10.2 Å². The Morgan fingerprint density at radius 2 is 1.94 bits per heavy atom. The summed E-state index contributed by atoms with van der Waals surface area (Å²) in [6.07, 6.45) is 1.01. The smallest absolute Gasteiger partial charge is 0.119 e. The maximum Gasteiger partial charge on any atom is 0.119 e. The quantitative estimate of drug-likeness (QED) is 0.703. The van der Waals surface area contributed by atoms with Crippen LogP contribution in [-0.4, -0.2) is 34.2 Å². The second kappa shape index (κ2) is 4.31. The zero-order valence-corrected chi connectivity index (χ0v) is 9.43. The van der Waals surface area contributed by atoms with Gasteiger partial charge in [-0.3, -0.25) is 4.90 Å². The van der Waals surface area contributed by atoms with Crippen molar-refractivity contribution >= 4 is 0 Å². The van der Waals surface area contributed by atoms with Crippen molar-refractivity contribution in [2.24, 2.45) is 5.73 Å². The van der Waals surface area contributed by atoms with Crippen molar-refractivity contribution in [3.05, 3.63) is 23.8 Å². The van der Waals surface area contributed by atoms with Crippen molar-refractivity contribution in [2.75, 3.05) is 13.1 Å². The monoisotopic (exact) mass is 222 g/mol. The fraction of sp³-hybridized carbons (Fsp3) is 0.500. The highest BCUT2D eigenvalue weighted by molar-refractivity contribution is 5.38. The molecule has 2 rings (SSSR count). The fourth-order valence-electron chi connectivity index (χ4n) is 2.24. The molecule has 0 saturated carbocycles. The number of nitrogens with two attached hydrogens (primary N) is 1. The van der Waals surface area contributed by atoms with Gasteiger partial charge in [-0.25, -0.2) is 0 Å². The average molecular weight is 222 g/mol. The molecule has 4 nitrogen and oxygen atoms in total. The van der Waals surface area contributed by atoms with Gasteiger partial charge in [-0.15, -0.1) is 0 Å². The standard InChI is InChI=1S/C12H18N2O2/c1-8(14-3-2-10(13)7-14)9-4-11(15)6-12(16)5-9/h4-6,8,10,15-16H,2-3,7,13H2,1H3. The number of nitrogens with zero attached hydrogens (tertiary/aromatic N) is 1. The van der Waals surface area contributed by atoms with E-state index < -0.39 is 0 Å². The number of phenols is 2. The molecule has 4 N–H and O–H groups in total. The molecule has 16 heavy (non-hydrogen) atoms. The predicted octanol–water partition coefficient (Wildman–Crippen LogP) is 1.19. The van der Waals surface area contributed by atoms with Gasteiger partial charge in [0.15, 0.2) is 0 Å². The topological polar surface area (TPSA) is 69.7 Å². The minimum Gasteiger partial charge on any atom is -0.508 e. The van der Waals surface area contributed by atoms with E-state index in [1.807, 2.05) is 0 Å². The molecule has 1 heterocycles. The fourth-order valence-corrected chi connectivity index (χ4v) is 2.24. The van der Waals surface area contributed by atoms with E-state index in [0.29, 0.717) is 0 Å². The summed E-state index contributed by atoms with van der Waals surface area (Å²) in [7, 11) is 0. The third kappa shape index (κ3) is 2.28. The summed E-state index contributed by atoms with van der Waals surface area (Å²) >= 11 is 0. The number of aromatic hydroxyl groups is 2. The number of benzene rings is 1. The Hall–Kier alpha value is -1.26. The van der Waals surface area contributed by atoms with Crippen LogP contribution >= 0.6 is 0 Å². The second-order valence-electron chi connectivity index (χ2n) is 4.50. The van der Waals surface area contributed by atoms with Crippen LogP contribution in [0.3, 0.4) is 0 Å². The van der Waals surface area contributed by atoms with E-state index >= 15 is 0 Å². The lowest BCUT2D eigenvalue weighted by atomic mass is 10.1. The Bertz CT molecular complexity index is 361. The molecule has 4 heteroatoms. The number of hydrogen-bond donors (Lipinski definition) is 3. The molecule has 1 aromatic carbocycles. The van der Waals surface area contributed by atoms with Gasteiger partial charge in [-0.2, -0.15) is 0 Å². The van der Waals surface area contributed by atoms with E-state index in [1.165, 1.54) is 6.07 Å². The molecular formula is C12H18N2O2. The van der Waals surface area contributed by atoms with Gasteiger partial charge in [0.2, 0.25) is 0 Å². The summed E-state index contributed by atoms with van der Waals surface area (Å²) < 4.78 is 0. The number of likely N-dealkylation sites (tertiary alicyclic amines) is 1. The molecule has 0 amide bonds. The lowest BCUT2D eigenvalue weighted by molar-refractivity contribution is 0.259. The van der Waals surface area contributed by atoms with E-state index in [1.54, 1.807) is 12.1 Å². The summed E-state index contributed by atoms with van der Waals surface area (Å²) in [5, 5.41) is 18.9. The van der Waals surface area contributed by atoms with Crippen molar-refractivity contribution in [3.8, 4) is 11.5 Å². The van der Waals surface area contributed by atoms with E-state index in [9.17, 15) is 10.2 Å². The molecule has 1 fully saturated rings. The minimum absolute atomic E-state index is 0.102. The summed E-state index contributed by atoms with van der Waals surface area (Å²) in [5.74, 6) is 0.204. The summed E-state index contributed by atoms with van der Waals surface area (Å²) in [4.78, 5) is 2.26. The number of phenolic OH excluding ortho intramolecular Hbond substituents is 2. The first-order valence-electron chi connectivity index (χ1n) is 5.59. The van der Waals surface area contributed by atoms with Gasteiger partial charge in [-0.05, 0) is 31.0 Å². The van der Waals surface area contributed by atoms with Crippen LogP contribution in [0.5, 0.6) is 11.5 Å². The van der Waals surface area contributed by atoms with Crippen LogP contribution in [0.2, 0.25) is 0 Å². The van der Waals surface area contributed by atoms with Crippen LogP contribution in [0, 0.1) is 0 Å². The molecule has 1 aromatic rings. The van der Waals surface area contributed by atoms with E-state index in [4.69, 9.17) is 5.73 Å². The highest BCUT2D eigenvalue weighted by Crippen LogP contribution is 2.29. The second-order valence-corrected chi connectivity index (χ2v) is 4.50. The van der Waals surface area contributed by atoms with Gasteiger partial charge in [0.1, 0.15) is 11.5 Å². The zero-order chi connectivity index (χ0) is 11.7. The highest BCUT2D eigenvalue weighted by atomic mass is 16.3. The molecule has 1 aliphatic rings. The molecule has 2 atom stereocenters. The van der Waals surface area contributed by atoms with E-state index in [2.05, 4.69) is 11.8 Å². The van der Waals surface area contributed by atoms with Crippen LogP contribution < -0.4 is 5.73 Å². The molecular weight excluding hydrogens is 204 g/mol. The lowest BCUT2D eigenvalue weighted by Crippen LogP contribution is -2.28. The van der Waals surface area contributed by atoms with Crippen LogP contribution in [0.15, 0.2) is 18.2 Å². The SMILES string of the molecule is CC(c1cc(O)cc(O)c1)N1CCC(N)C1. The Labute approximate surface area is 95.3 Å². The zero-order valence-electron chi connectivity index (χ0n) is 9.43. The Kier molecular flexibility index (Phi) is 3.03. The minimum atomic E-state index is 0.102. The van der Waals surface area contributed by atoms with Gasteiger partial charge in [0.25, 0.3) is 0 Å². The first kappa shape index (κ1) is 11.2. The Morgan fingerprint density at radius 3 is 2.44 bits per heavy atom. The van der Waals surface area contributed by atoms with Crippen molar-refractivity contribution in [2.45, 2.75) is 25.4 Å². The van der Waals surface area contributed by atoms with Gasteiger partial charge >= 0.3 is 0 Å². The van der Waals surface area contributed by atoms with Gasteiger partial charge in [0, 0.05) is 31.2 Å². The summed E-state index contributed by atoms with van der Waals surface area (Å²) in [6, 6.07) is 5.13. The van der Waals surface area contributed by atoms with E-state index in [0.717, 1.165) is 25.1 Å². The van der Waals surface area contributed by atoms with E-state index in [-0.39, 0.29) is 23.6 Å². The highest BCUT2D eigenvalue weighted by Gasteiger charge is 2.24. The molecule has 0 aliphatic carbocycles. The van der Waals surface area contributed by atoms with Crippen LogP contribution in [0.25, 0.3) is 0 Å². The molecule has 0 aromatic heterocycles. The van der Waals surface area contributed by atoms with Gasteiger partial charge in [-0.1, -0.05) is 0 Å². The first-order chi connectivity index (χ1) is 7.56. The molecule has 2 unspecified atom stereocenters. The number of rotatable bonds is 2. The molecule has 1 saturated heterocycles. The molecule has 0 bridgehead atoms. The summed E-state index contributed by atoms with van der Waals surface area (Å²) in [5.41, 5.74) is 6.78. The van der Waals surface area contributed by atoms with Gasteiger partial charge in [0.05, 0.1) is 0 Å². The first-order valence-corrected chi connectivity index (χ1v) is 5.59. The predicted molar refractivity (Wildman–Crippen MR) is 62.4 cm³/mol. The molecule has 0 spiro atoms. The Balaban J connectivity index is 2.17. The molecule has 0 radical (unpaired) electrons. The molecule has 1 aliphatic heterocycles. The number of hydrogen-bond acceptors (Lipinski definition) is 4. The van der Waals surface area contributed by atoms with Crippen molar-refractivity contribution in [1.29, 1.82) is 0 Å². The lowest BCUT2D eigenvalue weighted by Gasteiger charge is -2.24. The average Bonchev–Trinajstić information content (AvgIpc) is 2.62. The van der Waals surface area contributed by atoms with Gasteiger partial charge < -0.3 is 15.9 Å². The van der Waals surface area contributed by atoms with Crippen LogP contribution in [0.1, 0.15) is 24.9 Å². The maximum atomic E-state index is 9.43.